The molecule has 0 aromatic heterocycles. The van der Waals surface area contributed by atoms with Crippen LogP contribution in [-0.4, -0.2) is 44.5 Å². The molecule has 1 aliphatic heterocycles. The molecule has 0 saturated carbocycles. The first-order valence-corrected chi connectivity index (χ1v) is 10.7. The van der Waals surface area contributed by atoms with Crippen LogP contribution in [0.3, 0.4) is 0 Å². The van der Waals surface area contributed by atoms with Gasteiger partial charge in [0.25, 0.3) is 0 Å². The second-order valence-corrected chi connectivity index (χ2v) is 8.15. The smallest absolute Gasteiger partial charge is 0.191 e. The van der Waals surface area contributed by atoms with Crippen molar-refractivity contribution in [2.24, 2.45) is 5.92 Å². The Hall–Kier alpha value is -2.79. The first-order valence-electron chi connectivity index (χ1n) is 10.7. The van der Waals surface area contributed by atoms with Crippen LogP contribution in [-0.2, 0) is 13.0 Å². The van der Waals surface area contributed by atoms with E-state index in [0.29, 0.717) is 23.8 Å². The summed E-state index contributed by atoms with van der Waals surface area (Å²) in [4.78, 5) is 15.3. The van der Waals surface area contributed by atoms with Crippen LogP contribution in [0.25, 0.3) is 0 Å². The van der Waals surface area contributed by atoms with Crippen LogP contribution in [0.4, 0.5) is 0 Å². The average Bonchev–Trinajstić information content (AvgIpc) is 3.09. The molecule has 0 unspecified atom stereocenters. The number of allylic oxidation sites excluding steroid dienone is 1. The molecule has 5 heteroatoms. The molecule has 2 aromatic rings. The monoisotopic (exact) mass is 406 g/mol. The molecule has 30 heavy (non-hydrogen) atoms. The third kappa shape index (κ3) is 4.51. The number of methoxy groups -OCH3 is 2. The molecular weight excluding hydrogens is 376 g/mol. The Balaban J connectivity index is 1.28. The van der Waals surface area contributed by atoms with E-state index in [-0.39, 0.29) is 5.78 Å². The summed E-state index contributed by atoms with van der Waals surface area (Å²) in [6.07, 6.45) is 4.92. The van der Waals surface area contributed by atoms with E-state index < -0.39 is 0 Å². The molecule has 5 nitrogen and oxygen atoms in total. The number of Topliss-reactive ketones (excluding diaryl/α,β-unsaturated/α-hetero) is 1. The summed E-state index contributed by atoms with van der Waals surface area (Å²) in [5.74, 6) is 1.99. The van der Waals surface area contributed by atoms with Crippen molar-refractivity contribution >= 4 is 5.78 Å². The number of nitrogens with zero attached hydrogens (tertiary/aromatic N) is 1. The standard InChI is InChI=1S/C25H30N2O3/c1-29-23-13-20-12-21(25(28)22(20)14-24(23)30-2)16-26-15-18-8-10-27(11-9-18)17-19-6-4-3-5-7-19/h3-7,13-14,16,18,26H,8-12,15,17H2,1-2H3. The normalized spacial score (nSPS) is 18.5. The van der Waals surface area contributed by atoms with Gasteiger partial charge < -0.3 is 14.8 Å². The summed E-state index contributed by atoms with van der Waals surface area (Å²) >= 11 is 0. The van der Waals surface area contributed by atoms with Gasteiger partial charge in [-0.1, -0.05) is 30.3 Å². The number of likely N-dealkylation sites (tertiary alicyclic amines) is 1. The van der Waals surface area contributed by atoms with Gasteiger partial charge in [0.15, 0.2) is 17.3 Å². The topological polar surface area (TPSA) is 50.8 Å². The van der Waals surface area contributed by atoms with Crippen LogP contribution in [0.2, 0.25) is 0 Å². The quantitative estimate of drug-likeness (QED) is 0.709. The maximum atomic E-state index is 12.8. The van der Waals surface area contributed by atoms with Gasteiger partial charge in [0.1, 0.15) is 0 Å². The van der Waals surface area contributed by atoms with Crippen LogP contribution in [0.1, 0.15) is 34.3 Å². The maximum Gasteiger partial charge on any atom is 0.191 e. The number of carbonyl (C=O) groups is 1. The van der Waals surface area contributed by atoms with Gasteiger partial charge in [-0.3, -0.25) is 9.69 Å². The summed E-state index contributed by atoms with van der Waals surface area (Å²) in [7, 11) is 3.21. The number of hydrogen-bond acceptors (Lipinski definition) is 5. The molecule has 4 rings (SSSR count). The molecule has 0 radical (unpaired) electrons. The predicted molar refractivity (Wildman–Crippen MR) is 118 cm³/mol. The van der Waals surface area contributed by atoms with E-state index >= 15 is 0 Å². The number of ketones is 1. The third-order valence-electron chi connectivity index (χ3n) is 6.17. The van der Waals surface area contributed by atoms with Gasteiger partial charge in [-0.25, -0.2) is 0 Å². The third-order valence-corrected chi connectivity index (χ3v) is 6.17. The molecule has 158 valence electrons. The molecule has 0 amide bonds. The van der Waals surface area contributed by atoms with Crippen molar-refractivity contribution in [3.63, 3.8) is 0 Å². The van der Waals surface area contributed by atoms with E-state index in [1.807, 2.05) is 12.3 Å². The number of nitrogens with one attached hydrogen (secondary N) is 1. The van der Waals surface area contributed by atoms with Gasteiger partial charge in [-0.05, 0) is 55.1 Å². The SMILES string of the molecule is COc1cc2c(cc1OC)C(=O)C(=CNCC1CCN(Cc3ccccc3)CC1)C2. The number of fused-ring (bicyclic) bond motifs is 1. The minimum Gasteiger partial charge on any atom is -0.493 e. The minimum atomic E-state index is 0.0798. The van der Waals surface area contributed by atoms with Crippen LogP contribution in [0.15, 0.2) is 54.2 Å². The van der Waals surface area contributed by atoms with Crippen LogP contribution in [0.5, 0.6) is 11.5 Å². The highest BCUT2D eigenvalue weighted by Crippen LogP contribution is 2.36. The fourth-order valence-electron chi connectivity index (χ4n) is 4.39. The van der Waals surface area contributed by atoms with Crippen molar-refractivity contribution < 1.29 is 14.3 Å². The van der Waals surface area contributed by atoms with Gasteiger partial charge in [0.05, 0.1) is 14.2 Å². The highest BCUT2D eigenvalue weighted by molar-refractivity contribution is 6.13. The second-order valence-electron chi connectivity index (χ2n) is 8.15. The Morgan fingerprint density at radius 3 is 2.47 bits per heavy atom. The zero-order valence-corrected chi connectivity index (χ0v) is 17.8. The number of hydrogen-bond donors (Lipinski definition) is 1. The number of ether oxygens (including phenoxy) is 2. The molecule has 1 saturated heterocycles. The molecule has 0 atom stereocenters. The first kappa shape index (κ1) is 20.5. The Bertz CT molecular complexity index is 915. The average molecular weight is 407 g/mol. The molecular formula is C25H30N2O3. The van der Waals surface area contributed by atoms with Crippen LogP contribution < -0.4 is 14.8 Å². The zero-order chi connectivity index (χ0) is 20.9. The van der Waals surface area contributed by atoms with E-state index in [0.717, 1.165) is 42.9 Å². The van der Waals surface area contributed by atoms with Gasteiger partial charge in [0, 0.05) is 36.8 Å². The lowest BCUT2D eigenvalue weighted by atomic mass is 9.96. The lowest BCUT2D eigenvalue weighted by Crippen LogP contribution is -2.36. The van der Waals surface area contributed by atoms with Crippen molar-refractivity contribution in [3.8, 4) is 11.5 Å². The Morgan fingerprint density at radius 2 is 1.77 bits per heavy atom. The van der Waals surface area contributed by atoms with Crippen molar-refractivity contribution in [2.75, 3.05) is 33.9 Å². The van der Waals surface area contributed by atoms with E-state index in [9.17, 15) is 4.79 Å². The minimum absolute atomic E-state index is 0.0798. The fourth-order valence-corrected chi connectivity index (χ4v) is 4.39. The molecule has 0 spiro atoms. The summed E-state index contributed by atoms with van der Waals surface area (Å²) in [5.41, 5.74) is 3.91. The first-order chi connectivity index (χ1) is 14.7. The molecule has 1 N–H and O–H groups in total. The van der Waals surface area contributed by atoms with Crippen molar-refractivity contribution in [3.05, 3.63) is 70.9 Å². The summed E-state index contributed by atoms with van der Waals surface area (Å²) < 4.78 is 10.7. The summed E-state index contributed by atoms with van der Waals surface area (Å²) in [6, 6.07) is 14.4. The lowest BCUT2D eigenvalue weighted by molar-refractivity contribution is 0.103. The van der Waals surface area contributed by atoms with Crippen LogP contribution >= 0.6 is 0 Å². The molecule has 1 heterocycles. The Kier molecular flexibility index (Phi) is 6.38. The highest BCUT2D eigenvalue weighted by Gasteiger charge is 2.27. The van der Waals surface area contributed by atoms with E-state index in [2.05, 4.69) is 40.5 Å². The van der Waals surface area contributed by atoms with E-state index in [4.69, 9.17) is 9.47 Å². The largest absolute Gasteiger partial charge is 0.493 e. The van der Waals surface area contributed by atoms with Gasteiger partial charge >= 0.3 is 0 Å². The summed E-state index contributed by atoms with van der Waals surface area (Å²) in [5, 5.41) is 3.42. The molecule has 1 aliphatic carbocycles. The zero-order valence-electron chi connectivity index (χ0n) is 17.8. The predicted octanol–water partition coefficient (Wildman–Crippen LogP) is 3.83. The van der Waals surface area contributed by atoms with Crippen molar-refractivity contribution in [1.29, 1.82) is 0 Å². The van der Waals surface area contributed by atoms with Gasteiger partial charge in [-0.2, -0.15) is 0 Å². The molecule has 2 aliphatic rings. The molecule has 0 bridgehead atoms. The molecule has 1 fully saturated rings. The Morgan fingerprint density at radius 1 is 1.07 bits per heavy atom. The lowest BCUT2D eigenvalue weighted by Gasteiger charge is -2.32. The van der Waals surface area contributed by atoms with Crippen molar-refractivity contribution in [1.82, 2.24) is 10.2 Å². The number of benzene rings is 2. The number of rotatable bonds is 7. The second kappa shape index (κ2) is 9.35. The number of piperidine rings is 1. The fraction of sp³-hybridized carbons (Fsp3) is 0.400. The van der Waals surface area contributed by atoms with Crippen molar-refractivity contribution in [2.45, 2.75) is 25.8 Å². The van der Waals surface area contributed by atoms with E-state index in [1.54, 1.807) is 20.3 Å². The summed E-state index contributed by atoms with van der Waals surface area (Å²) in [6.45, 7) is 4.20. The van der Waals surface area contributed by atoms with Crippen LogP contribution in [0, 0.1) is 5.92 Å². The van der Waals surface area contributed by atoms with E-state index in [1.165, 1.54) is 18.4 Å². The maximum absolute atomic E-state index is 12.8. The highest BCUT2D eigenvalue weighted by atomic mass is 16.5. The number of carbonyl (C=O) groups excluding carboxylic acids is 1. The van der Waals surface area contributed by atoms with Gasteiger partial charge in [0.2, 0.25) is 0 Å². The molecule has 2 aromatic carbocycles. The Labute approximate surface area is 178 Å². The van der Waals surface area contributed by atoms with Gasteiger partial charge in [-0.15, -0.1) is 0 Å².